The maximum atomic E-state index is 5.76. The van der Waals surface area contributed by atoms with Crippen molar-refractivity contribution in [3.63, 3.8) is 0 Å². The van der Waals surface area contributed by atoms with Gasteiger partial charge in [0, 0.05) is 25.2 Å². The summed E-state index contributed by atoms with van der Waals surface area (Å²) in [4.78, 5) is 1.94. The Morgan fingerprint density at radius 2 is 2.00 bits per heavy atom. The van der Waals surface area contributed by atoms with Gasteiger partial charge in [-0.05, 0) is 12.1 Å². The van der Waals surface area contributed by atoms with E-state index >= 15 is 0 Å². The third-order valence-corrected chi connectivity index (χ3v) is 2.71. The monoisotopic (exact) mass is 227 g/mol. The van der Waals surface area contributed by atoms with Crippen LogP contribution in [0.5, 0.6) is 11.5 Å². The fourth-order valence-corrected chi connectivity index (χ4v) is 1.60. The van der Waals surface area contributed by atoms with Crippen LogP contribution >= 0.6 is 11.6 Å². The molecule has 0 saturated carbocycles. The van der Waals surface area contributed by atoms with Gasteiger partial charge in [-0.25, -0.2) is 0 Å². The number of nitrogens with zero attached hydrogens (tertiary/aromatic N) is 1. The number of ether oxygens (including phenoxy) is 2. The number of rotatable bonds is 2. The summed E-state index contributed by atoms with van der Waals surface area (Å²) in [5, 5.41) is 0. The number of benzene rings is 1. The van der Waals surface area contributed by atoms with Gasteiger partial charge in [-0.2, -0.15) is 0 Å². The maximum absolute atomic E-state index is 5.76. The molecule has 0 fully saturated rings. The van der Waals surface area contributed by atoms with Crippen molar-refractivity contribution < 1.29 is 9.47 Å². The first-order valence-corrected chi connectivity index (χ1v) is 5.51. The summed E-state index contributed by atoms with van der Waals surface area (Å²) in [6.07, 6.45) is 0.926. The largest absolute Gasteiger partial charge is 0.490 e. The third kappa shape index (κ3) is 2.29. The van der Waals surface area contributed by atoms with Crippen LogP contribution in [0, 0.1) is 0 Å². The molecular weight excluding hydrogens is 214 g/mol. The summed E-state index contributed by atoms with van der Waals surface area (Å²) in [6.45, 7) is 1.43. The Hall–Kier alpha value is -1.09. The highest BCUT2D eigenvalue weighted by Crippen LogP contribution is 2.33. The number of hydrogen-bond donors (Lipinski definition) is 0. The van der Waals surface area contributed by atoms with Gasteiger partial charge in [-0.1, -0.05) is 0 Å². The number of hydrogen-bond acceptors (Lipinski definition) is 3. The predicted octanol–water partition coefficient (Wildman–Crippen LogP) is 2.48. The van der Waals surface area contributed by atoms with Crippen molar-refractivity contribution in [2.24, 2.45) is 0 Å². The van der Waals surface area contributed by atoms with E-state index in [9.17, 15) is 0 Å². The van der Waals surface area contributed by atoms with Gasteiger partial charge in [0.2, 0.25) is 0 Å². The molecule has 0 amide bonds. The molecule has 1 aromatic rings. The number of anilines is 1. The lowest BCUT2D eigenvalue weighted by molar-refractivity contribution is 0.297. The molecule has 0 aliphatic carbocycles. The van der Waals surface area contributed by atoms with Crippen molar-refractivity contribution in [2.75, 3.05) is 31.2 Å². The first kappa shape index (κ1) is 10.4. The minimum absolute atomic E-state index is 0.458. The molecule has 3 nitrogen and oxygen atoms in total. The zero-order valence-electron chi connectivity index (χ0n) is 8.70. The first-order valence-electron chi connectivity index (χ1n) is 4.98. The number of fused-ring (bicyclic) bond motifs is 1. The van der Waals surface area contributed by atoms with E-state index in [1.807, 2.05) is 30.1 Å². The Morgan fingerprint density at radius 1 is 1.27 bits per heavy atom. The van der Waals surface area contributed by atoms with Crippen LogP contribution in [0.3, 0.4) is 0 Å². The third-order valence-electron chi connectivity index (χ3n) is 2.35. The second kappa shape index (κ2) is 4.62. The first-order chi connectivity index (χ1) is 7.31. The smallest absolute Gasteiger partial charge is 0.163 e. The molecule has 82 valence electrons. The summed E-state index contributed by atoms with van der Waals surface area (Å²) < 4.78 is 11.1. The lowest BCUT2D eigenvalue weighted by Crippen LogP contribution is -2.14. The molecule has 4 heteroatoms. The molecule has 1 aromatic carbocycles. The summed E-state index contributed by atoms with van der Waals surface area (Å²) in [5.74, 6) is 1.63. The molecule has 0 aromatic heterocycles. The van der Waals surface area contributed by atoms with Crippen molar-refractivity contribution >= 4 is 17.3 Å². The number of halogens is 1. The van der Waals surface area contributed by atoms with Crippen molar-refractivity contribution in [2.45, 2.75) is 6.42 Å². The SMILES string of the molecule is CN(CCl)c1ccc2c(c1)OCCCO2. The molecule has 0 bridgehead atoms. The molecule has 0 saturated heterocycles. The summed E-state index contributed by atoms with van der Waals surface area (Å²) in [6, 6.07) is 6.33. The molecule has 0 atom stereocenters. The van der Waals surface area contributed by atoms with Gasteiger partial charge in [-0.3, -0.25) is 0 Å². The van der Waals surface area contributed by atoms with E-state index in [1.165, 1.54) is 0 Å². The molecule has 2 rings (SSSR count). The minimum atomic E-state index is 0.458. The van der Waals surface area contributed by atoms with Crippen LogP contribution in [0.25, 0.3) is 0 Å². The lowest BCUT2D eigenvalue weighted by atomic mass is 10.2. The molecule has 0 unspecified atom stereocenters. The van der Waals surface area contributed by atoms with Crippen LogP contribution in [-0.4, -0.2) is 26.3 Å². The fraction of sp³-hybridized carbons (Fsp3) is 0.455. The van der Waals surface area contributed by atoms with Crippen LogP contribution < -0.4 is 14.4 Å². The second-order valence-electron chi connectivity index (χ2n) is 3.50. The predicted molar refractivity (Wildman–Crippen MR) is 61.2 cm³/mol. The molecule has 0 spiro atoms. The summed E-state index contributed by atoms with van der Waals surface area (Å²) in [5.41, 5.74) is 1.04. The van der Waals surface area contributed by atoms with Crippen LogP contribution in [0.15, 0.2) is 18.2 Å². The van der Waals surface area contributed by atoms with Gasteiger partial charge in [-0.15, -0.1) is 11.6 Å². The Balaban J connectivity index is 2.27. The van der Waals surface area contributed by atoms with E-state index < -0.39 is 0 Å². The van der Waals surface area contributed by atoms with E-state index in [0.29, 0.717) is 12.6 Å². The highest BCUT2D eigenvalue weighted by Gasteiger charge is 2.11. The van der Waals surface area contributed by atoms with Gasteiger partial charge < -0.3 is 14.4 Å². The highest BCUT2D eigenvalue weighted by atomic mass is 35.5. The van der Waals surface area contributed by atoms with Gasteiger partial charge >= 0.3 is 0 Å². The van der Waals surface area contributed by atoms with Gasteiger partial charge in [0.1, 0.15) is 0 Å². The average Bonchev–Trinajstić information content (AvgIpc) is 2.51. The average molecular weight is 228 g/mol. The van der Waals surface area contributed by atoms with Crippen molar-refractivity contribution in [3.8, 4) is 11.5 Å². The van der Waals surface area contributed by atoms with Crippen LogP contribution in [0.2, 0.25) is 0 Å². The Bertz CT molecular complexity index is 343. The topological polar surface area (TPSA) is 21.7 Å². The molecular formula is C11H14ClNO2. The van der Waals surface area contributed by atoms with Crippen LogP contribution in [-0.2, 0) is 0 Å². The molecule has 15 heavy (non-hydrogen) atoms. The van der Waals surface area contributed by atoms with Crippen molar-refractivity contribution in [1.82, 2.24) is 0 Å². The van der Waals surface area contributed by atoms with Crippen molar-refractivity contribution in [3.05, 3.63) is 18.2 Å². The van der Waals surface area contributed by atoms with E-state index in [2.05, 4.69) is 0 Å². The van der Waals surface area contributed by atoms with E-state index in [0.717, 1.165) is 30.2 Å². The lowest BCUT2D eigenvalue weighted by Gasteiger charge is -2.17. The summed E-state index contributed by atoms with van der Waals surface area (Å²) >= 11 is 5.76. The van der Waals surface area contributed by atoms with Gasteiger partial charge in [0.05, 0.1) is 19.2 Å². The van der Waals surface area contributed by atoms with Crippen LogP contribution in [0.1, 0.15) is 6.42 Å². The zero-order chi connectivity index (χ0) is 10.7. The van der Waals surface area contributed by atoms with Gasteiger partial charge in [0.15, 0.2) is 11.5 Å². The van der Waals surface area contributed by atoms with E-state index in [1.54, 1.807) is 0 Å². The Kier molecular flexibility index (Phi) is 3.21. The molecule has 0 radical (unpaired) electrons. The fourth-order valence-electron chi connectivity index (χ4n) is 1.46. The van der Waals surface area contributed by atoms with Crippen LogP contribution in [0.4, 0.5) is 5.69 Å². The van der Waals surface area contributed by atoms with Gasteiger partial charge in [0.25, 0.3) is 0 Å². The van der Waals surface area contributed by atoms with E-state index in [4.69, 9.17) is 21.1 Å². The quantitative estimate of drug-likeness (QED) is 0.572. The molecule has 1 heterocycles. The highest BCUT2D eigenvalue weighted by molar-refractivity contribution is 6.18. The normalized spacial score (nSPS) is 14.5. The van der Waals surface area contributed by atoms with E-state index in [-0.39, 0.29) is 0 Å². The molecule has 0 N–H and O–H groups in total. The summed E-state index contributed by atoms with van der Waals surface area (Å²) in [7, 11) is 1.94. The second-order valence-corrected chi connectivity index (χ2v) is 3.74. The zero-order valence-corrected chi connectivity index (χ0v) is 9.46. The Morgan fingerprint density at radius 3 is 2.73 bits per heavy atom. The van der Waals surface area contributed by atoms with Crippen molar-refractivity contribution in [1.29, 1.82) is 0 Å². The number of alkyl halides is 1. The molecule has 1 aliphatic rings. The molecule has 1 aliphatic heterocycles. The maximum Gasteiger partial charge on any atom is 0.163 e. The Labute approximate surface area is 94.5 Å². The minimum Gasteiger partial charge on any atom is -0.490 e. The standard InChI is InChI=1S/C11H14ClNO2/c1-13(8-12)9-3-4-10-11(7-9)15-6-2-5-14-10/h3-4,7H,2,5-6,8H2,1H3.